The highest BCUT2D eigenvalue weighted by Gasteiger charge is 2.26. The van der Waals surface area contributed by atoms with Crippen LogP contribution in [0.5, 0.6) is 0 Å². The normalized spacial score (nSPS) is 13.2. The monoisotopic (exact) mass is 249 g/mol. The number of carbonyl (C=O) groups is 2. The third-order valence-electron chi connectivity index (χ3n) is 0.913. The van der Waals surface area contributed by atoms with E-state index in [0.29, 0.717) is 0 Å². The summed E-state index contributed by atoms with van der Waals surface area (Å²) in [5.41, 5.74) is 0. The molecule has 13 heavy (non-hydrogen) atoms. The molecule has 0 aliphatic heterocycles. The van der Waals surface area contributed by atoms with Gasteiger partial charge in [-0.2, -0.15) is 0 Å². The first kappa shape index (κ1) is 12.6. The van der Waals surface area contributed by atoms with Gasteiger partial charge >= 0.3 is 16.0 Å². The average Bonchev–Trinajstić information content (AvgIpc) is 1.81. The molecule has 76 valence electrons. The highest BCUT2D eigenvalue weighted by atomic mass is 35.6. The molecular formula is C5H6Cl3NO4. The maximum Gasteiger partial charge on any atom is 0.411 e. The van der Waals surface area contributed by atoms with Crippen LogP contribution < -0.4 is 5.32 Å². The molecular weight excluding hydrogens is 244 g/mol. The smallest absolute Gasteiger partial charge is 0.411 e. The number of amides is 1. The molecule has 0 heterocycles. The number of hydrogen-bond donors (Lipinski definition) is 2. The van der Waals surface area contributed by atoms with Crippen LogP contribution in [0.3, 0.4) is 0 Å². The molecule has 0 saturated carbocycles. The van der Waals surface area contributed by atoms with E-state index in [9.17, 15) is 9.59 Å². The van der Waals surface area contributed by atoms with E-state index in [1.165, 1.54) is 6.92 Å². The number of carboxylic acid groups (broad SMARTS) is 1. The first-order valence-electron chi connectivity index (χ1n) is 3.01. The zero-order valence-corrected chi connectivity index (χ0v) is 8.65. The largest absolute Gasteiger partial charge is 0.480 e. The van der Waals surface area contributed by atoms with Crippen LogP contribution >= 0.6 is 34.8 Å². The molecule has 0 rings (SSSR count). The summed E-state index contributed by atoms with van der Waals surface area (Å²) in [5.74, 6) is -1.22. The summed E-state index contributed by atoms with van der Waals surface area (Å²) < 4.78 is 1.95. The molecule has 8 heteroatoms. The maximum absolute atomic E-state index is 10.7. The van der Waals surface area contributed by atoms with Gasteiger partial charge in [0.25, 0.3) is 0 Å². The van der Waals surface area contributed by atoms with Gasteiger partial charge in [0.05, 0.1) is 0 Å². The first-order valence-corrected chi connectivity index (χ1v) is 4.15. The fourth-order valence-corrected chi connectivity index (χ4v) is 0.583. The molecule has 0 aliphatic rings. The fourth-order valence-electron chi connectivity index (χ4n) is 0.373. The van der Waals surface area contributed by atoms with Crippen molar-refractivity contribution >= 4 is 46.9 Å². The summed E-state index contributed by atoms with van der Waals surface area (Å²) in [6.07, 6.45) is -1.12. The molecule has 0 aromatic rings. The zero-order valence-electron chi connectivity index (χ0n) is 6.38. The van der Waals surface area contributed by atoms with Crippen molar-refractivity contribution in [3.05, 3.63) is 0 Å². The Labute approximate surface area is 88.9 Å². The van der Waals surface area contributed by atoms with Crippen LogP contribution in [-0.4, -0.2) is 27.2 Å². The Hall–Kier alpha value is -0.390. The topological polar surface area (TPSA) is 75.6 Å². The molecule has 0 spiro atoms. The van der Waals surface area contributed by atoms with Crippen molar-refractivity contribution in [3.63, 3.8) is 0 Å². The lowest BCUT2D eigenvalue weighted by Crippen LogP contribution is -2.40. The maximum atomic E-state index is 10.7. The molecule has 0 fully saturated rings. The van der Waals surface area contributed by atoms with Crippen LogP contribution in [-0.2, 0) is 9.53 Å². The van der Waals surface area contributed by atoms with E-state index in [0.717, 1.165) is 0 Å². The molecule has 2 N–H and O–H groups in total. The molecule has 0 saturated heterocycles. The van der Waals surface area contributed by atoms with Gasteiger partial charge in [0.2, 0.25) is 0 Å². The van der Waals surface area contributed by atoms with E-state index in [4.69, 9.17) is 39.9 Å². The number of carbonyl (C=O) groups excluding carboxylic acids is 1. The zero-order chi connectivity index (χ0) is 10.6. The van der Waals surface area contributed by atoms with Gasteiger partial charge in [-0.25, -0.2) is 4.79 Å². The molecule has 0 aliphatic carbocycles. The Kier molecular flexibility index (Phi) is 4.60. The summed E-state index contributed by atoms with van der Waals surface area (Å²) in [5, 5.41) is 10.3. The van der Waals surface area contributed by atoms with Crippen molar-refractivity contribution < 1.29 is 19.4 Å². The van der Waals surface area contributed by atoms with E-state index < -0.39 is 22.1 Å². The van der Waals surface area contributed by atoms with Gasteiger partial charge in [-0.1, -0.05) is 0 Å². The summed E-state index contributed by atoms with van der Waals surface area (Å²) >= 11 is 15.3. The lowest BCUT2D eigenvalue weighted by atomic mass is 10.4. The standard InChI is InChI=1S/C5H6Cl3NO4/c1-2(3(10)11)9-4(12)13-5(6,7)8/h2H,1H3,(H,9,12)(H,10,11). The molecule has 1 amide bonds. The van der Waals surface area contributed by atoms with Gasteiger partial charge in [0.15, 0.2) is 0 Å². The number of aliphatic carboxylic acids is 1. The van der Waals surface area contributed by atoms with Crippen LogP contribution in [0, 0.1) is 0 Å². The van der Waals surface area contributed by atoms with E-state index in [1.807, 2.05) is 5.32 Å². The SMILES string of the molecule is CC(NC(=O)OC(Cl)(Cl)Cl)C(=O)O. The summed E-state index contributed by atoms with van der Waals surface area (Å²) in [6.45, 7) is 1.24. The average molecular weight is 250 g/mol. The van der Waals surface area contributed by atoms with Crippen molar-refractivity contribution in [1.82, 2.24) is 5.32 Å². The molecule has 0 bridgehead atoms. The number of nitrogens with one attached hydrogen (secondary N) is 1. The van der Waals surface area contributed by atoms with Crippen molar-refractivity contribution in [2.75, 3.05) is 0 Å². The van der Waals surface area contributed by atoms with Gasteiger partial charge in [-0.3, -0.25) is 4.79 Å². The first-order chi connectivity index (χ1) is 5.72. The van der Waals surface area contributed by atoms with E-state index in [1.54, 1.807) is 0 Å². The minimum atomic E-state index is -2.19. The quantitative estimate of drug-likeness (QED) is 0.729. The lowest BCUT2D eigenvalue weighted by molar-refractivity contribution is -0.138. The number of hydrogen-bond acceptors (Lipinski definition) is 3. The van der Waals surface area contributed by atoms with Gasteiger partial charge < -0.3 is 15.2 Å². The Bertz CT molecular complexity index is 214. The molecule has 1 unspecified atom stereocenters. The third-order valence-corrected chi connectivity index (χ3v) is 1.14. The Balaban J connectivity index is 3.96. The Morgan fingerprint density at radius 3 is 2.23 bits per heavy atom. The Morgan fingerprint density at radius 1 is 1.46 bits per heavy atom. The van der Waals surface area contributed by atoms with Crippen LogP contribution in [0.2, 0.25) is 0 Å². The van der Waals surface area contributed by atoms with Crippen molar-refractivity contribution in [2.24, 2.45) is 0 Å². The van der Waals surface area contributed by atoms with E-state index in [2.05, 4.69) is 4.74 Å². The van der Waals surface area contributed by atoms with Gasteiger partial charge in [-0.15, -0.1) is 0 Å². The number of rotatable bonds is 2. The lowest BCUT2D eigenvalue weighted by Gasteiger charge is -2.14. The van der Waals surface area contributed by atoms with Crippen LogP contribution in [0.15, 0.2) is 0 Å². The second kappa shape index (κ2) is 4.74. The predicted octanol–water partition coefficient (Wildman–Crippen LogP) is 1.51. The Morgan fingerprint density at radius 2 is 1.92 bits per heavy atom. The van der Waals surface area contributed by atoms with Crippen LogP contribution in [0.4, 0.5) is 4.79 Å². The molecule has 0 radical (unpaired) electrons. The minimum Gasteiger partial charge on any atom is -0.480 e. The summed E-state index contributed by atoms with van der Waals surface area (Å²) in [4.78, 5) is 21.0. The minimum absolute atomic E-state index is 1.11. The summed E-state index contributed by atoms with van der Waals surface area (Å²) in [7, 11) is 0. The van der Waals surface area contributed by atoms with Gasteiger partial charge in [0.1, 0.15) is 6.04 Å². The van der Waals surface area contributed by atoms with E-state index in [-0.39, 0.29) is 0 Å². The van der Waals surface area contributed by atoms with Crippen molar-refractivity contribution in [3.8, 4) is 0 Å². The highest BCUT2D eigenvalue weighted by molar-refractivity contribution is 6.66. The molecule has 5 nitrogen and oxygen atoms in total. The van der Waals surface area contributed by atoms with Gasteiger partial charge in [-0.05, 0) is 41.7 Å². The predicted molar refractivity (Wildman–Crippen MR) is 47.0 cm³/mol. The van der Waals surface area contributed by atoms with Crippen LogP contribution in [0.25, 0.3) is 0 Å². The van der Waals surface area contributed by atoms with Gasteiger partial charge in [0, 0.05) is 0 Å². The highest BCUT2D eigenvalue weighted by Crippen LogP contribution is 2.27. The number of alkyl carbamates (subject to hydrolysis) is 1. The molecule has 0 aromatic heterocycles. The third kappa shape index (κ3) is 6.74. The van der Waals surface area contributed by atoms with Crippen molar-refractivity contribution in [2.45, 2.75) is 16.9 Å². The van der Waals surface area contributed by atoms with Crippen LogP contribution in [0.1, 0.15) is 6.92 Å². The number of halogens is 3. The number of ether oxygens (including phenoxy) is 1. The molecule has 1 atom stereocenters. The fraction of sp³-hybridized carbons (Fsp3) is 0.600. The summed E-state index contributed by atoms with van der Waals surface area (Å²) in [6, 6.07) is -1.11. The number of carboxylic acids is 1. The van der Waals surface area contributed by atoms with Crippen molar-refractivity contribution in [1.29, 1.82) is 0 Å². The second-order valence-electron chi connectivity index (χ2n) is 2.04. The second-order valence-corrected chi connectivity index (χ2v) is 4.22. The number of alkyl halides is 3. The molecule has 0 aromatic carbocycles. The van der Waals surface area contributed by atoms with E-state index >= 15 is 0 Å².